The second-order valence-corrected chi connectivity index (χ2v) is 13.8. The molecule has 0 bridgehead atoms. The van der Waals surface area contributed by atoms with Crippen LogP contribution in [0.4, 0.5) is 18.9 Å². The van der Waals surface area contributed by atoms with E-state index in [0.29, 0.717) is 22.2 Å². The van der Waals surface area contributed by atoms with Crippen molar-refractivity contribution in [2.45, 2.75) is 51.9 Å². The van der Waals surface area contributed by atoms with E-state index in [9.17, 15) is 31.2 Å². The van der Waals surface area contributed by atoms with Crippen LogP contribution in [-0.2, 0) is 38.8 Å². The predicted octanol–water partition coefficient (Wildman–Crippen LogP) is 6.97. The molecule has 2 amide bonds. The maximum absolute atomic E-state index is 13.9. The number of nitrogens with one attached hydrogen (secondary N) is 1. The Morgan fingerprint density at radius 2 is 1.56 bits per heavy atom. The van der Waals surface area contributed by atoms with Crippen molar-refractivity contribution in [3.8, 4) is 0 Å². The Kier molecular flexibility index (Phi) is 12.7. The first-order valence-corrected chi connectivity index (χ1v) is 16.9. The van der Waals surface area contributed by atoms with Gasteiger partial charge in [0.15, 0.2) is 0 Å². The van der Waals surface area contributed by atoms with Crippen LogP contribution in [0, 0.1) is 5.92 Å². The summed E-state index contributed by atoms with van der Waals surface area (Å²) < 4.78 is 66.1. The van der Waals surface area contributed by atoms with Gasteiger partial charge >= 0.3 is 6.18 Å². The van der Waals surface area contributed by atoms with E-state index in [1.165, 1.54) is 11.0 Å². The van der Waals surface area contributed by atoms with E-state index in [1.54, 1.807) is 18.2 Å². The van der Waals surface area contributed by atoms with E-state index in [-0.39, 0.29) is 49.9 Å². The van der Waals surface area contributed by atoms with Crippen LogP contribution in [0.3, 0.4) is 0 Å². The highest BCUT2D eigenvalue weighted by Crippen LogP contribution is 2.32. The number of carbonyl (C=O) groups is 2. The van der Waals surface area contributed by atoms with E-state index >= 15 is 0 Å². The number of nitrogens with zero attached hydrogens (tertiary/aromatic N) is 2. The van der Waals surface area contributed by atoms with Gasteiger partial charge in [0.25, 0.3) is 0 Å². The van der Waals surface area contributed by atoms with Crippen LogP contribution in [0.25, 0.3) is 0 Å². The lowest BCUT2D eigenvalue weighted by Crippen LogP contribution is -2.51. The zero-order valence-electron chi connectivity index (χ0n) is 25.2. The summed E-state index contributed by atoms with van der Waals surface area (Å²) in [5.74, 6) is -0.721. The summed E-state index contributed by atoms with van der Waals surface area (Å²) in [5.41, 5.74) is 0.0712. The van der Waals surface area contributed by atoms with Crippen LogP contribution in [0.5, 0.6) is 0 Å². The molecule has 0 radical (unpaired) electrons. The molecule has 0 aliphatic carbocycles. The minimum absolute atomic E-state index is 0.0411. The summed E-state index contributed by atoms with van der Waals surface area (Å²) in [6.45, 7) is 3.88. The molecule has 13 heteroatoms. The Hall–Kier alpha value is -3.28. The summed E-state index contributed by atoms with van der Waals surface area (Å²) in [7, 11) is -4.00. The maximum atomic E-state index is 13.9. The highest BCUT2D eigenvalue weighted by Gasteiger charge is 2.33. The third-order valence-electron chi connectivity index (χ3n) is 6.96. The van der Waals surface area contributed by atoms with Gasteiger partial charge in [-0.3, -0.25) is 13.9 Å². The van der Waals surface area contributed by atoms with Gasteiger partial charge in [0.2, 0.25) is 21.8 Å². The summed E-state index contributed by atoms with van der Waals surface area (Å²) in [6, 6.07) is 17.1. The molecule has 0 aliphatic heterocycles. The molecule has 0 spiro atoms. The normalized spacial score (nSPS) is 12.6. The monoisotopic (exact) mass is 685 g/mol. The highest BCUT2D eigenvalue weighted by atomic mass is 35.5. The van der Waals surface area contributed by atoms with Crippen molar-refractivity contribution < 1.29 is 31.2 Å². The van der Waals surface area contributed by atoms with Crippen LogP contribution < -0.4 is 9.62 Å². The third-order valence-corrected chi connectivity index (χ3v) is 8.86. The number of hydrogen-bond donors (Lipinski definition) is 1. The van der Waals surface area contributed by atoms with Crippen LogP contribution in [0.15, 0.2) is 72.8 Å². The lowest BCUT2D eigenvalue weighted by Gasteiger charge is -2.32. The van der Waals surface area contributed by atoms with Gasteiger partial charge in [-0.2, -0.15) is 13.2 Å². The number of hydrogen-bond acceptors (Lipinski definition) is 4. The molecule has 3 rings (SSSR count). The quantitative estimate of drug-likeness (QED) is 0.199. The van der Waals surface area contributed by atoms with Gasteiger partial charge in [-0.25, -0.2) is 8.42 Å². The van der Waals surface area contributed by atoms with Crippen molar-refractivity contribution in [3.05, 3.63) is 99.5 Å². The minimum atomic E-state index is -4.67. The molecule has 244 valence electrons. The number of anilines is 1. The number of alkyl halides is 3. The smallest absolute Gasteiger partial charge is 0.354 e. The summed E-state index contributed by atoms with van der Waals surface area (Å²) >= 11 is 12.9. The Morgan fingerprint density at radius 1 is 0.933 bits per heavy atom. The zero-order chi connectivity index (χ0) is 33.4. The molecule has 1 N–H and O–H groups in total. The SMILES string of the molecule is CC(C)CNC(=O)[C@@H](Cc1ccccc1)N(Cc1c(Cl)cccc1Cl)C(=O)CCCN(c1cccc(C(F)(F)F)c1)S(C)(=O)=O. The number of carbonyl (C=O) groups excluding carboxylic acids is 2. The van der Waals surface area contributed by atoms with Crippen LogP contribution in [-0.4, -0.2) is 50.5 Å². The molecule has 0 saturated heterocycles. The average molecular weight is 687 g/mol. The Bertz CT molecular complexity index is 1550. The van der Waals surface area contributed by atoms with Crippen LogP contribution in [0.1, 0.15) is 43.4 Å². The topological polar surface area (TPSA) is 86.8 Å². The van der Waals surface area contributed by atoms with Crippen molar-refractivity contribution in [2.24, 2.45) is 5.92 Å². The fraction of sp³-hybridized carbons (Fsp3) is 0.375. The van der Waals surface area contributed by atoms with Gasteiger partial charge in [-0.1, -0.05) is 79.5 Å². The van der Waals surface area contributed by atoms with Gasteiger partial charge in [0.05, 0.1) is 17.5 Å². The van der Waals surface area contributed by atoms with Crippen molar-refractivity contribution in [2.75, 3.05) is 23.7 Å². The molecule has 0 aliphatic rings. The third kappa shape index (κ3) is 10.6. The van der Waals surface area contributed by atoms with E-state index in [2.05, 4.69) is 5.32 Å². The molecule has 0 fully saturated rings. The molecule has 0 aromatic heterocycles. The predicted molar refractivity (Wildman–Crippen MR) is 172 cm³/mol. The van der Waals surface area contributed by atoms with Gasteiger partial charge in [-0.05, 0) is 48.2 Å². The first-order valence-electron chi connectivity index (χ1n) is 14.3. The fourth-order valence-electron chi connectivity index (χ4n) is 4.67. The number of halogens is 5. The number of amides is 2. The molecule has 0 heterocycles. The van der Waals surface area contributed by atoms with E-state index in [4.69, 9.17) is 23.2 Å². The Balaban J connectivity index is 1.94. The van der Waals surface area contributed by atoms with Gasteiger partial charge in [-0.15, -0.1) is 0 Å². The molecular formula is C32H36Cl2F3N3O4S. The molecule has 3 aromatic carbocycles. The van der Waals surface area contributed by atoms with Crippen molar-refractivity contribution in [1.82, 2.24) is 10.2 Å². The fourth-order valence-corrected chi connectivity index (χ4v) is 6.15. The molecule has 45 heavy (non-hydrogen) atoms. The first kappa shape index (κ1) is 36.2. The molecule has 1 atom stereocenters. The van der Waals surface area contributed by atoms with Crippen molar-refractivity contribution in [1.29, 1.82) is 0 Å². The maximum Gasteiger partial charge on any atom is 0.416 e. The molecule has 3 aromatic rings. The lowest BCUT2D eigenvalue weighted by molar-refractivity contribution is -0.141. The number of benzene rings is 3. The van der Waals surface area contributed by atoms with Gasteiger partial charge in [0, 0.05) is 48.1 Å². The largest absolute Gasteiger partial charge is 0.416 e. The highest BCUT2D eigenvalue weighted by molar-refractivity contribution is 7.92. The minimum Gasteiger partial charge on any atom is -0.354 e. The average Bonchev–Trinajstić information content (AvgIpc) is 2.96. The summed E-state index contributed by atoms with van der Waals surface area (Å²) in [4.78, 5) is 28.9. The van der Waals surface area contributed by atoms with E-state index < -0.39 is 33.7 Å². The second kappa shape index (κ2) is 15.8. The molecule has 0 unspecified atom stereocenters. The standard InChI is InChI=1S/C32H36Cl2F3N3O4S/c1-22(2)20-38-31(42)29(18-23-10-5-4-6-11-23)39(21-26-27(33)14-8-15-28(26)34)30(41)16-9-17-40(45(3,43)44)25-13-7-12-24(19-25)32(35,36)37/h4-8,10-15,19,22,29H,9,16-18,20-21H2,1-3H3,(H,38,42)/t29-/m1/s1. The molecule has 7 nitrogen and oxygen atoms in total. The van der Waals surface area contributed by atoms with Gasteiger partial charge in [0.1, 0.15) is 6.04 Å². The van der Waals surface area contributed by atoms with E-state index in [1.807, 2.05) is 44.2 Å². The van der Waals surface area contributed by atoms with Crippen molar-refractivity contribution in [3.63, 3.8) is 0 Å². The molecule has 0 saturated carbocycles. The first-order chi connectivity index (χ1) is 21.1. The second-order valence-electron chi connectivity index (χ2n) is 11.1. The van der Waals surface area contributed by atoms with Crippen molar-refractivity contribution >= 4 is 50.7 Å². The lowest BCUT2D eigenvalue weighted by atomic mass is 10.0. The zero-order valence-corrected chi connectivity index (χ0v) is 27.5. The van der Waals surface area contributed by atoms with Gasteiger partial charge < -0.3 is 10.2 Å². The summed E-state index contributed by atoms with van der Waals surface area (Å²) in [6.07, 6.45) is -3.86. The number of rotatable bonds is 14. The molecular weight excluding hydrogens is 650 g/mol. The Labute approximate surface area is 272 Å². The van der Waals surface area contributed by atoms with E-state index in [0.717, 1.165) is 34.3 Å². The van der Waals surface area contributed by atoms with Crippen LogP contribution in [0.2, 0.25) is 10.0 Å². The Morgan fingerprint density at radius 3 is 2.13 bits per heavy atom. The van der Waals surface area contributed by atoms with Crippen LogP contribution >= 0.6 is 23.2 Å². The summed E-state index contributed by atoms with van der Waals surface area (Å²) in [5, 5.41) is 3.51. The number of sulfonamides is 1.